The van der Waals surface area contributed by atoms with Gasteiger partial charge in [-0.1, -0.05) is 6.07 Å². The Morgan fingerprint density at radius 2 is 1.87 bits per heavy atom. The van der Waals surface area contributed by atoms with Crippen molar-refractivity contribution in [3.05, 3.63) is 76.6 Å². The largest absolute Gasteiger partial charge is 0.472 e. The van der Waals surface area contributed by atoms with Crippen LogP contribution in [-0.4, -0.2) is 12.7 Å². The lowest BCUT2D eigenvalue weighted by Crippen LogP contribution is -2.29. The van der Waals surface area contributed by atoms with Gasteiger partial charge < -0.3 is 4.42 Å². The van der Waals surface area contributed by atoms with E-state index in [0.29, 0.717) is 0 Å². The van der Waals surface area contributed by atoms with Gasteiger partial charge in [0.25, 0.3) is 0 Å². The van der Waals surface area contributed by atoms with Gasteiger partial charge in [-0.2, -0.15) is 4.31 Å². The zero-order valence-corrected chi connectivity index (χ0v) is 13.7. The average Bonchev–Trinajstić information content (AvgIpc) is 3.20. The van der Waals surface area contributed by atoms with Crippen LogP contribution in [-0.2, 0) is 23.1 Å². The summed E-state index contributed by atoms with van der Waals surface area (Å²) in [5, 5.41) is 1.90. The summed E-state index contributed by atoms with van der Waals surface area (Å²) in [5.41, 5.74) is 0.757. The summed E-state index contributed by atoms with van der Waals surface area (Å²) in [6.07, 6.45) is 3.02. The third-order valence-electron chi connectivity index (χ3n) is 3.30. The molecule has 0 saturated carbocycles. The van der Waals surface area contributed by atoms with Gasteiger partial charge in [0, 0.05) is 23.5 Å². The zero-order chi connectivity index (χ0) is 16.3. The first kappa shape index (κ1) is 15.9. The van der Waals surface area contributed by atoms with E-state index < -0.39 is 15.8 Å². The topological polar surface area (TPSA) is 50.5 Å². The highest BCUT2D eigenvalue weighted by Crippen LogP contribution is 2.23. The van der Waals surface area contributed by atoms with Crippen molar-refractivity contribution >= 4 is 21.4 Å². The summed E-state index contributed by atoms with van der Waals surface area (Å²) in [6, 6.07) is 10.3. The molecule has 0 radical (unpaired) electrons. The predicted octanol–water partition coefficient (Wildman–Crippen LogP) is 3.87. The lowest BCUT2D eigenvalue weighted by atomic mass is 10.3. The third-order valence-corrected chi connectivity index (χ3v) is 5.97. The van der Waals surface area contributed by atoms with Crippen LogP contribution in [0.3, 0.4) is 0 Å². The quantitative estimate of drug-likeness (QED) is 0.677. The molecule has 0 aliphatic heterocycles. The monoisotopic (exact) mass is 351 g/mol. The molecule has 0 N–H and O–H groups in total. The van der Waals surface area contributed by atoms with Crippen molar-refractivity contribution in [1.29, 1.82) is 0 Å². The molecule has 3 aromatic rings. The molecule has 1 aromatic carbocycles. The molecule has 7 heteroatoms. The van der Waals surface area contributed by atoms with Crippen LogP contribution < -0.4 is 0 Å². The standard InChI is InChI=1S/C16H14FNO3S2/c17-14-3-5-16(6-4-14)23(19,20)18(10-13-7-8-21-12-13)11-15-2-1-9-22-15/h1-9,12H,10-11H2. The van der Waals surface area contributed by atoms with Crippen molar-refractivity contribution in [3.8, 4) is 0 Å². The van der Waals surface area contributed by atoms with Gasteiger partial charge in [-0.3, -0.25) is 0 Å². The minimum atomic E-state index is -3.74. The molecule has 4 nitrogen and oxygen atoms in total. The molecule has 0 saturated heterocycles. The van der Waals surface area contributed by atoms with Gasteiger partial charge in [-0.05, 0) is 41.8 Å². The summed E-state index contributed by atoms with van der Waals surface area (Å²) in [4.78, 5) is 0.998. The van der Waals surface area contributed by atoms with E-state index in [2.05, 4.69) is 0 Å². The van der Waals surface area contributed by atoms with Crippen molar-refractivity contribution in [2.45, 2.75) is 18.0 Å². The molecule has 0 bridgehead atoms. The number of nitrogens with zero attached hydrogens (tertiary/aromatic N) is 1. The molecule has 23 heavy (non-hydrogen) atoms. The number of thiophene rings is 1. The van der Waals surface area contributed by atoms with Crippen LogP contribution in [0.15, 0.2) is 69.7 Å². The maximum absolute atomic E-state index is 13.1. The van der Waals surface area contributed by atoms with Crippen LogP contribution in [0.4, 0.5) is 4.39 Å². The molecule has 0 amide bonds. The van der Waals surface area contributed by atoms with Gasteiger partial charge in [0.1, 0.15) is 5.82 Å². The first-order valence-corrected chi connectivity index (χ1v) is 9.17. The van der Waals surface area contributed by atoms with Gasteiger partial charge in [0.2, 0.25) is 10.0 Å². The van der Waals surface area contributed by atoms with E-state index in [4.69, 9.17) is 4.42 Å². The first-order valence-electron chi connectivity index (χ1n) is 6.85. The number of halogens is 1. The van der Waals surface area contributed by atoms with E-state index in [9.17, 15) is 12.8 Å². The minimum absolute atomic E-state index is 0.0685. The molecular weight excluding hydrogens is 337 g/mol. The summed E-state index contributed by atoms with van der Waals surface area (Å²) < 4.78 is 45.2. The summed E-state index contributed by atoms with van der Waals surface area (Å²) in [5.74, 6) is -0.469. The molecule has 0 aliphatic rings. The lowest BCUT2D eigenvalue weighted by molar-refractivity contribution is 0.402. The molecule has 120 valence electrons. The molecule has 2 aromatic heterocycles. The van der Waals surface area contributed by atoms with Gasteiger partial charge in [-0.25, -0.2) is 12.8 Å². The van der Waals surface area contributed by atoms with E-state index in [1.165, 1.54) is 40.3 Å². The van der Waals surface area contributed by atoms with E-state index in [1.807, 2.05) is 17.5 Å². The zero-order valence-electron chi connectivity index (χ0n) is 12.1. The van der Waals surface area contributed by atoms with Crippen molar-refractivity contribution < 1.29 is 17.2 Å². The summed E-state index contributed by atoms with van der Waals surface area (Å²) in [6.45, 7) is 0.441. The molecule has 2 heterocycles. The SMILES string of the molecule is O=S(=O)(c1ccc(F)cc1)N(Cc1ccoc1)Cc1cccs1. The second kappa shape index (κ2) is 6.66. The highest BCUT2D eigenvalue weighted by atomic mass is 32.2. The van der Waals surface area contributed by atoms with Crippen molar-refractivity contribution in [1.82, 2.24) is 4.31 Å². The normalized spacial score (nSPS) is 11.9. The van der Waals surface area contributed by atoms with Crippen LogP contribution >= 0.6 is 11.3 Å². The third kappa shape index (κ3) is 3.69. The summed E-state index contributed by atoms with van der Waals surface area (Å²) in [7, 11) is -3.74. The Morgan fingerprint density at radius 3 is 2.48 bits per heavy atom. The number of rotatable bonds is 6. The highest BCUT2D eigenvalue weighted by Gasteiger charge is 2.25. The number of benzene rings is 1. The second-order valence-electron chi connectivity index (χ2n) is 4.94. The van der Waals surface area contributed by atoms with Crippen LogP contribution in [0, 0.1) is 5.82 Å². The number of furan rings is 1. The van der Waals surface area contributed by atoms with E-state index in [-0.39, 0.29) is 18.0 Å². The molecular formula is C16H14FNO3S2. The van der Waals surface area contributed by atoms with Crippen LogP contribution in [0.1, 0.15) is 10.4 Å². The highest BCUT2D eigenvalue weighted by molar-refractivity contribution is 7.89. The Morgan fingerprint density at radius 1 is 1.09 bits per heavy atom. The van der Waals surface area contributed by atoms with E-state index in [0.717, 1.165) is 22.6 Å². The fraction of sp³-hybridized carbons (Fsp3) is 0.125. The van der Waals surface area contributed by atoms with Crippen molar-refractivity contribution in [2.75, 3.05) is 0 Å². The van der Waals surface area contributed by atoms with Crippen LogP contribution in [0.5, 0.6) is 0 Å². The van der Waals surface area contributed by atoms with Gasteiger partial charge >= 0.3 is 0 Å². The summed E-state index contributed by atoms with van der Waals surface area (Å²) >= 11 is 1.49. The molecule has 0 fully saturated rings. The number of sulfonamides is 1. The molecule has 0 atom stereocenters. The second-order valence-corrected chi connectivity index (χ2v) is 7.91. The maximum Gasteiger partial charge on any atom is 0.243 e. The van der Waals surface area contributed by atoms with Crippen molar-refractivity contribution in [3.63, 3.8) is 0 Å². The van der Waals surface area contributed by atoms with Crippen LogP contribution in [0.25, 0.3) is 0 Å². The maximum atomic E-state index is 13.1. The molecule has 3 rings (SSSR count). The smallest absolute Gasteiger partial charge is 0.243 e. The number of hydrogen-bond donors (Lipinski definition) is 0. The van der Waals surface area contributed by atoms with Gasteiger partial charge in [-0.15, -0.1) is 11.3 Å². The van der Waals surface area contributed by atoms with Gasteiger partial charge in [0.05, 0.1) is 17.4 Å². The fourth-order valence-electron chi connectivity index (χ4n) is 2.14. The predicted molar refractivity (Wildman–Crippen MR) is 85.9 cm³/mol. The lowest BCUT2D eigenvalue weighted by Gasteiger charge is -2.21. The van der Waals surface area contributed by atoms with E-state index >= 15 is 0 Å². The number of hydrogen-bond acceptors (Lipinski definition) is 4. The Hall–Kier alpha value is -1.96. The first-order chi connectivity index (χ1) is 11.1. The Bertz CT molecular complexity index is 805. The molecule has 0 spiro atoms. The van der Waals surface area contributed by atoms with E-state index in [1.54, 1.807) is 6.07 Å². The fourth-order valence-corrected chi connectivity index (χ4v) is 4.35. The average molecular weight is 351 g/mol. The Labute approximate surface area is 137 Å². The van der Waals surface area contributed by atoms with Gasteiger partial charge in [0.15, 0.2) is 0 Å². The molecule has 0 aliphatic carbocycles. The Balaban J connectivity index is 1.93. The van der Waals surface area contributed by atoms with Crippen molar-refractivity contribution in [2.24, 2.45) is 0 Å². The minimum Gasteiger partial charge on any atom is -0.472 e. The Kier molecular flexibility index (Phi) is 4.61. The van der Waals surface area contributed by atoms with Crippen LogP contribution in [0.2, 0.25) is 0 Å². The molecule has 0 unspecified atom stereocenters.